The largest absolute Gasteiger partial charge is 0.493 e. The molecule has 176 valence electrons. The Hall–Kier alpha value is -3.80. The number of hydrogen-bond acceptors (Lipinski definition) is 4. The van der Waals surface area contributed by atoms with E-state index < -0.39 is 18.0 Å². The number of anilines is 1. The van der Waals surface area contributed by atoms with Gasteiger partial charge in [0.05, 0.1) is 17.9 Å². The normalized spacial score (nSPS) is 14.7. The third-order valence-corrected chi connectivity index (χ3v) is 6.04. The highest BCUT2D eigenvalue weighted by molar-refractivity contribution is 6.02. The number of carboxylic acid groups (broad SMARTS) is 1. The van der Waals surface area contributed by atoms with Gasteiger partial charge in [-0.2, -0.15) is 0 Å². The third kappa shape index (κ3) is 6.16. The molecule has 1 aliphatic carbocycles. The van der Waals surface area contributed by atoms with Crippen LogP contribution in [0.1, 0.15) is 54.1 Å². The molecule has 1 amide bonds. The predicted molar refractivity (Wildman–Crippen MR) is 130 cm³/mol. The monoisotopic (exact) mass is 459 g/mol. The molecular formula is C28H29NO5. The molecule has 34 heavy (non-hydrogen) atoms. The maximum Gasteiger partial charge on any atom is 0.337 e. The lowest BCUT2D eigenvalue weighted by Crippen LogP contribution is -2.26. The Morgan fingerprint density at radius 3 is 2.21 bits per heavy atom. The van der Waals surface area contributed by atoms with E-state index in [1.807, 2.05) is 30.3 Å². The summed E-state index contributed by atoms with van der Waals surface area (Å²) >= 11 is 0. The second kappa shape index (κ2) is 11.4. The third-order valence-electron chi connectivity index (χ3n) is 6.04. The molecule has 0 spiro atoms. The van der Waals surface area contributed by atoms with Gasteiger partial charge in [0.2, 0.25) is 6.10 Å². The second-order valence-corrected chi connectivity index (χ2v) is 8.54. The van der Waals surface area contributed by atoms with Gasteiger partial charge in [-0.15, -0.1) is 0 Å². The molecule has 0 aliphatic heterocycles. The fraction of sp³-hybridized carbons (Fsp3) is 0.286. The van der Waals surface area contributed by atoms with Crippen LogP contribution in [0.25, 0.3) is 0 Å². The van der Waals surface area contributed by atoms with Gasteiger partial charge in [0, 0.05) is 5.56 Å². The van der Waals surface area contributed by atoms with Crippen molar-refractivity contribution in [1.29, 1.82) is 0 Å². The van der Waals surface area contributed by atoms with Gasteiger partial charge >= 0.3 is 5.97 Å². The molecule has 0 saturated heterocycles. The van der Waals surface area contributed by atoms with Gasteiger partial charge in [-0.1, -0.05) is 61.7 Å². The zero-order valence-electron chi connectivity index (χ0n) is 19.0. The summed E-state index contributed by atoms with van der Waals surface area (Å²) in [6.45, 7) is 0.720. The van der Waals surface area contributed by atoms with Crippen molar-refractivity contribution in [3.8, 4) is 11.5 Å². The summed E-state index contributed by atoms with van der Waals surface area (Å²) in [6, 6.07) is 22.7. The van der Waals surface area contributed by atoms with Crippen LogP contribution >= 0.6 is 0 Å². The molecule has 0 radical (unpaired) electrons. The Balaban J connectivity index is 1.46. The minimum atomic E-state index is -1.11. The van der Waals surface area contributed by atoms with Crippen molar-refractivity contribution < 1.29 is 24.2 Å². The Morgan fingerprint density at radius 1 is 0.853 bits per heavy atom. The molecule has 6 nitrogen and oxygen atoms in total. The van der Waals surface area contributed by atoms with E-state index in [9.17, 15) is 14.7 Å². The van der Waals surface area contributed by atoms with Gasteiger partial charge in [-0.25, -0.2) is 4.79 Å². The molecular weight excluding hydrogens is 430 g/mol. The van der Waals surface area contributed by atoms with Gasteiger partial charge in [0.15, 0.2) is 0 Å². The van der Waals surface area contributed by atoms with E-state index in [0.29, 0.717) is 17.2 Å². The van der Waals surface area contributed by atoms with Gasteiger partial charge < -0.3 is 19.9 Å². The average molecular weight is 460 g/mol. The predicted octanol–water partition coefficient (Wildman–Crippen LogP) is 6.10. The number of nitrogens with one attached hydrogen (secondary N) is 1. The van der Waals surface area contributed by atoms with Crippen molar-refractivity contribution in [2.24, 2.45) is 5.92 Å². The van der Waals surface area contributed by atoms with Crippen LogP contribution in [0, 0.1) is 5.92 Å². The first-order valence-corrected chi connectivity index (χ1v) is 11.7. The van der Waals surface area contributed by atoms with Crippen LogP contribution in [0.15, 0.2) is 78.9 Å². The Morgan fingerprint density at radius 2 is 1.50 bits per heavy atom. The van der Waals surface area contributed by atoms with E-state index in [2.05, 4.69) is 5.32 Å². The molecule has 1 saturated carbocycles. The Labute approximate surface area is 199 Å². The molecule has 4 rings (SSSR count). The highest BCUT2D eigenvalue weighted by Crippen LogP contribution is 2.28. The number of hydrogen-bond donors (Lipinski definition) is 2. The Bertz CT molecular complexity index is 1090. The SMILES string of the molecule is O=C(O)c1ccccc1NC(=O)C(Oc1ccc(OCC2CCCCC2)cc1)c1ccccc1. The summed E-state index contributed by atoms with van der Waals surface area (Å²) in [4.78, 5) is 24.7. The molecule has 0 heterocycles. The van der Waals surface area contributed by atoms with Crippen molar-refractivity contribution >= 4 is 17.6 Å². The highest BCUT2D eigenvalue weighted by Gasteiger charge is 2.24. The first-order valence-electron chi connectivity index (χ1n) is 11.7. The number of carbonyl (C=O) groups excluding carboxylic acids is 1. The van der Waals surface area contributed by atoms with E-state index in [1.54, 1.807) is 42.5 Å². The summed E-state index contributed by atoms with van der Waals surface area (Å²) in [5.74, 6) is 0.327. The molecule has 2 N–H and O–H groups in total. The number of aromatic carboxylic acids is 1. The molecule has 0 aromatic heterocycles. The van der Waals surface area contributed by atoms with E-state index in [-0.39, 0.29) is 11.3 Å². The van der Waals surface area contributed by atoms with Crippen molar-refractivity contribution in [3.63, 3.8) is 0 Å². The van der Waals surface area contributed by atoms with Crippen LogP contribution in [0.3, 0.4) is 0 Å². The van der Waals surface area contributed by atoms with Gasteiger partial charge in [0.1, 0.15) is 11.5 Å². The summed E-state index contributed by atoms with van der Waals surface area (Å²) in [5.41, 5.74) is 0.892. The minimum absolute atomic E-state index is 0.0159. The molecule has 3 aromatic carbocycles. The van der Waals surface area contributed by atoms with Crippen LogP contribution in [0.2, 0.25) is 0 Å². The number of ether oxygens (including phenoxy) is 2. The summed E-state index contributed by atoms with van der Waals surface area (Å²) in [7, 11) is 0. The molecule has 6 heteroatoms. The average Bonchev–Trinajstić information content (AvgIpc) is 2.88. The van der Waals surface area contributed by atoms with E-state index in [0.717, 1.165) is 12.4 Å². The first kappa shape index (κ1) is 23.4. The fourth-order valence-electron chi connectivity index (χ4n) is 4.20. The minimum Gasteiger partial charge on any atom is -0.493 e. The maximum atomic E-state index is 13.2. The summed E-state index contributed by atoms with van der Waals surface area (Å²) in [5, 5.41) is 12.1. The number of carboxylic acids is 1. The lowest BCUT2D eigenvalue weighted by molar-refractivity contribution is -0.123. The molecule has 3 aromatic rings. The standard InChI is InChI=1S/C28H29NO5/c30-27(29-25-14-8-7-13-24(25)28(31)32)26(21-11-5-2-6-12-21)34-23-17-15-22(16-18-23)33-19-20-9-3-1-4-10-20/h2,5-8,11-18,20,26H,1,3-4,9-10,19H2,(H,29,30)(H,31,32). The second-order valence-electron chi connectivity index (χ2n) is 8.54. The number of para-hydroxylation sites is 1. The maximum absolute atomic E-state index is 13.2. The van der Waals surface area contributed by atoms with Crippen molar-refractivity contribution in [2.75, 3.05) is 11.9 Å². The molecule has 1 aliphatic rings. The molecule has 0 bridgehead atoms. The van der Waals surface area contributed by atoms with Crippen LogP contribution in [-0.2, 0) is 4.79 Å². The Kier molecular flexibility index (Phi) is 7.81. The van der Waals surface area contributed by atoms with Crippen LogP contribution < -0.4 is 14.8 Å². The zero-order chi connectivity index (χ0) is 23.8. The zero-order valence-corrected chi connectivity index (χ0v) is 19.0. The number of rotatable bonds is 9. The topological polar surface area (TPSA) is 84.9 Å². The molecule has 1 atom stereocenters. The molecule has 1 unspecified atom stereocenters. The highest BCUT2D eigenvalue weighted by atomic mass is 16.5. The van der Waals surface area contributed by atoms with Gasteiger partial charge in [-0.3, -0.25) is 4.79 Å². The van der Waals surface area contributed by atoms with Crippen LogP contribution in [0.4, 0.5) is 5.69 Å². The number of amides is 1. The van der Waals surface area contributed by atoms with Crippen LogP contribution in [0.5, 0.6) is 11.5 Å². The van der Waals surface area contributed by atoms with E-state index >= 15 is 0 Å². The number of benzene rings is 3. The van der Waals surface area contributed by atoms with Crippen LogP contribution in [-0.4, -0.2) is 23.6 Å². The van der Waals surface area contributed by atoms with Crippen molar-refractivity contribution in [1.82, 2.24) is 0 Å². The lowest BCUT2D eigenvalue weighted by atomic mass is 9.90. The lowest BCUT2D eigenvalue weighted by Gasteiger charge is -2.22. The quantitative estimate of drug-likeness (QED) is 0.404. The summed E-state index contributed by atoms with van der Waals surface area (Å²) in [6.07, 6.45) is 5.36. The molecule has 1 fully saturated rings. The smallest absolute Gasteiger partial charge is 0.337 e. The van der Waals surface area contributed by atoms with E-state index in [1.165, 1.54) is 38.2 Å². The van der Waals surface area contributed by atoms with Crippen molar-refractivity contribution in [3.05, 3.63) is 90.0 Å². The summed E-state index contributed by atoms with van der Waals surface area (Å²) < 4.78 is 12.0. The van der Waals surface area contributed by atoms with E-state index in [4.69, 9.17) is 9.47 Å². The van der Waals surface area contributed by atoms with Gasteiger partial charge in [0.25, 0.3) is 5.91 Å². The van der Waals surface area contributed by atoms with Gasteiger partial charge in [-0.05, 0) is 55.2 Å². The number of carbonyl (C=O) groups is 2. The van der Waals surface area contributed by atoms with Crippen molar-refractivity contribution in [2.45, 2.75) is 38.2 Å². The first-order chi connectivity index (χ1) is 16.6. The fourth-order valence-corrected chi connectivity index (χ4v) is 4.20.